The predicted octanol–water partition coefficient (Wildman–Crippen LogP) is 6.60. The largest absolute Gasteiger partial charge is 0.311 e. The van der Waals surface area contributed by atoms with Crippen LogP contribution in [0.2, 0.25) is 0 Å². The van der Waals surface area contributed by atoms with Crippen LogP contribution in [0.4, 0.5) is 5.69 Å². The molecule has 1 aliphatic rings. The van der Waals surface area contributed by atoms with E-state index in [0.29, 0.717) is 0 Å². The molecular weight excluding hydrogens is 385 g/mol. The van der Waals surface area contributed by atoms with E-state index >= 15 is 0 Å². The van der Waals surface area contributed by atoms with Gasteiger partial charge in [-0.25, -0.2) is 0 Å². The van der Waals surface area contributed by atoms with Crippen LogP contribution in [0.5, 0.6) is 0 Å². The fourth-order valence-corrected chi connectivity index (χ4v) is 6.52. The molecule has 0 fully saturated rings. The van der Waals surface area contributed by atoms with Crippen molar-refractivity contribution >= 4 is 29.8 Å². The highest BCUT2D eigenvalue weighted by atomic mass is 31.2. The number of rotatable bonds is 4. The summed E-state index contributed by atoms with van der Waals surface area (Å²) in [4.78, 5) is 0. The molecule has 4 aromatic carbocycles. The zero-order valence-corrected chi connectivity index (χ0v) is 17.2. The van der Waals surface area contributed by atoms with Gasteiger partial charge >= 0.3 is 7.29 Å². The Morgan fingerprint density at radius 1 is 0.567 bits per heavy atom. The van der Waals surface area contributed by atoms with Crippen molar-refractivity contribution in [3.63, 3.8) is 0 Å². The topological polar surface area (TPSA) is 20.1 Å². The predicted molar refractivity (Wildman–Crippen MR) is 125 cm³/mol. The van der Waals surface area contributed by atoms with Crippen LogP contribution in [0.1, 0.15) is 5.56 Å². The van der Waals surface area contributed by atoms with Gasteiger partial charge in [-0.2, -0.15) is 0 Å². The van der Waals surface area contributed by atoms with E-state index in [9.17, 15) is 4.57 Å². The van der Waals surface area contributed by atoms with Gasteiger partial charge in [-0.1, -0.05) is 103 Å². The van der Waals surface area contributed by atoms with Gasteiger partial charge in [-0.3, -0.25) is 8.91 Å². The maximum Gasteiger partial charge on any atom is 0.311 e. The first-order chi connectivity index (χ1) is 14.8. The van der Waals surface area contributed by atoms with Crippen molar-refractivity contribution in [1.82, 2.24) is 0 Å². The number of allylic oxidation sites excluding steroid dienone is 1. The van der Waals surface area contributed by atoms with Crippen LogP contribution in [0.15, 0.2) is 121 Å². The highest BCUT2D eigenvalue weighted by Crippen LogP contribution is 2.62. The Morgan fingerprint density at radius 3 is 1.70 bits per heavy atom. The summed E-state index contributed by atoms with van der Waals surface area (Å²) in [5.74, 6) is 0. The van der Waals surface area contributed by atoms with Gasteiger partial charge in [0.15, 0.2) is 0 Å². The third-order valence-corrected chi connectivity index (χ3v) is 8.27. The summed E-state index contributed by atoms with van der Waals surface area (Å²) in [6.07, 6.45) is 5.14. The van der Waals surface area contributed by atoms with Crippen molar-refractivity contribution in [2.45, 2.75) is 0 Å². The Hall–Kier alpha value is -3.48. The van der Waals surface area contributed by atoms with Crippen LogP contribution in [-0.2, 0) is 4.57 Å². The monoisotopic (exact) mass is 405 g/mol. The van der Waals surface area contributed by atoms with Crippen molar-refractivity contribution < 1.29 is 8.91 Å². The lowest BCUT2D eigenvalue weighted by molar-refractivity contribution is -0.254. The van der Waals surface area contributed by atoms with E-state index in [1.807, 2.05) is 89.3 Å². The van der Waals surface area contributed by atoms with E-state index in [2.05, 4.69) is 42.6 Å². The SMILES string of the molecule is O=P1(c2ccccc2)C(c2ccc(-c3ccccc3)cc2)=C[C-]=[N+]1c1ccccc1. The molecule has 1 unspecified atom stereocenters. The van der Waals surface area contributed by atoms with Gasteiger partial charge < -0.3 is 0 Å². The second kappa shape index (κ2) is 7.74. The molecule has 1 heterocycles. The normalized spacial score (nSPS) is 18.0. The van der Waals surface area contributed by atoms with Gasteiger partial charge in [0.2, 0.25) is 0 Å². The van der Waals surface area contributed by atoms with Crippen molar-refractivity contribution in [1.29, 1.82) is 0 Å². The van der Waals surface area contributed by atoms with E-state index in [-0.39, 0.29) is 0 Å². The summed E-state index contributed by atoms with van der Waals surface area (Å²) in [6.45, 7) is 0. The van der Waals surface area contributed by atoms with Gasteiger partial charge in [0.05, 0.1) is 5.30 Å². The summed E-state index contributed by atoms with van der Waals surface area (Å²) < 4.78 is 16.4. The lowest BCUT2D eigenvalue weighted by atomic mass is 10.0. The lowest BCUT2D eigenvalue weighted by Crippen LogP contribution is -2.12. The quantitative estimate of drug-likeness (QED) is 0.277. The van der Waals surface area contributed by atoms with Crippen LogP contribution in [0, 0.1) is 0 Å². The van der Waals surface area contributed by atoms with Gasteiger partial charge in [0.1, 0.15) is 11.9 Å². The maximum atomic E-state index is 14.6. The Labute approximate surface area is 176 Å². The van der Waals surface area contributed by atoms with Crippen LogP contribution in [0.3, 0.4) is 0 Å². The van der Waals surface area contributed by atoms with Crippen molar-refractivity contribution in [3.8, 4) is 11.1 Å². The molecular formula is C27H20NOP. The number of para-hydroxylation sites is 1. The van der Waals surface area contributed by atoms with Gasteiger partial charge in [0, 0.05) is 0 Å². The molecule has 0 amide bonds. The highest BCUT2D eigenvalue weighted by molar-refractivity contribution is 7.76. The Morgan fingerprint density at radius 2 is 1.07 bits per heavy atom. The molecule has 0 N–H and O–H groups in total. The first-order valence-electron chi connectivity index (χ1n) is 9.91. The average Bonchev–Trinajstić information content (AvgIpc) is 3.19. The van der Waals surface area contributed by atoms with Gasteiger partial charge in [-0.05, 0) is 40.7 Å². The first kappa shape index (κ1) is 18.5. The summed E-state index contributed by atoms with van der Waals surface area (Å²) in [7, 11) is -3.09. The fraction of sp³-hybridized carbons (Fsp3) is 0. The maximum absolute atomic E-state index is 14.6. The standard InChI is InChI=1S/C27H20NOP/c29-30(26-14-8-3-9-15-26)27(20-21-28(30)25-12-6-2-7-13-25)24-18-16-23(17-19-24)22-10-4-1-5-11-22/h1-20H. The molecule has 1 aliphatic heterocycles. The van der Waals surface area contributed by atoms with Crippen molar-refractivity contribution in [3.05, 3.63) is 127 Å². The van der Waals surface area contributed by atoms with Gasteiger partial charge in [0.25, 0.3) is 0 Å². The highest BCUT2D eigenvalue weighted by Gasteiger charge is 2.39. The zero-order valence-electron chi connectivity index (χ0n) is 16.3. The minimum absolute atomic E-state index is 0.803. The molecule has 3 heteroatoms. The summed E-state index contributed by atoms with van der Waals surface area (Å²) in [5.41, 5.74) is 4.13. The number of hydrogen-bond donors (Lipinski definition) is 0. The lowest BCUT2D eigenvalue weighted by Gasteiger charge is -2.22. The molecule has 0 radical (unpaired) electrons. The fourth-order valence-electron chi connectivity index (χ4n) is 3.81. The van der Waals surface area contributed by atoms with Crippen LogP contribution in [0.25, 0.3) is 16.4 Å². The summed E-state index contributed by atoms with van der Waals surface area (Å²) in [5, 5.41) is 1.61. The van der Waals surface area contributed by atoms with E-state index in [0.717, 1.165) is 27.4 Å². The smallest absolute Gasteiger partial charge is 0.266 e. The van der Waals surface area contributed by atoms with E-state index in [1.54, 1.807) is 0 Å². The third-order valence-electron chi connectivity index (χ3n) is 5.33. The average molecular weight is 405 g/mol. The minimum atomic E-state index is -3.09. The molecule has 0 bridgehead atoms. The molecule has 144 valence electrons. The van der Waals surface area contributed by atoms with E-state index in [4.69, 9.17) is 0 Å². The number of hydrogen-bond acceptors (Lipinski definition) is 1. The van der Waals surface area contributed by atoms with Crippen molar-refractivity contribution in [2.75, 3.05) is 0 Å². The second-order valence-corrected chi connectivity index (χ2v) is 9.71. The molecule has 1 atom stereocenters. The van der Waals surface area contributed by atoms with Crippen LogP contribution in [-0.4, -0.2) is 10.6 Å². The molecule has 0 saturated heterocycles. The molecule has 0 aromatic heterocycles. The molecule has 30 heavy (non-hydrogen) atoms. The molecule has 4 aromatic rings. The first-order valence-corrected chi connectivity index (χ1v) is 11.6. The molecule has 0 spiro atoms. The van der Waals surface area contributed by atoms with Crippen LogP contribution >= 0.6 is 7.29 Å². The molecule has 2 nitrogen and oxygen atoms in total. The van der Waals surface area contributed by atoms with E-state index < -0.39 is 7.29 Å². The zero-order chi connectivity index (χ0) is 20.4. The molecule has 0 saturated carbocycles. The molecule has 0 aliphatic carbocycles. The summed E-state index contributed by atoms with van der Waals surface area (Å²) >= 11 is 0. The van der Waals surface area contributed by atoms with Crippen LogP contribution < -0.4 is 5.30 Å². The number of nitrogens with zero attached hydrogens (tertiary/aromatic N) is 1. The minimum Gasteiger partial charge on any atom is -0.266 e. The molecule has 5 rings (SSSR count). The van der Waals surface area contributed by atoms with Gasteiger partial charge in [-0.15, -0.1) is 0 Å². The van der Waals surface area contributed by atoms with E-state index in [1.165, 1.54) is 5.56 Å². The van der Waals surface area contributed by atoms with Crippen molar-refractivity contribution in [2.24, 2.45) is 0 Å². The second-order valence-electron chi connectivity index (χ2n) is 7.16. The Balaban J connectivity index is 1.59. The number of benzene rings is 4. The Kier molecular flexibility index (Phi) is 4.78. The summed E-state index contributed by atoms with van der Waals surface area (Å²) in [6, 6.07) is 38.1. The third kappa shape index (κ3) is 3.16. The Bertz CT molecular complexity index is 1280.